The van der Waals surface area contributed by atoms with Gasteiger partial charge in [-0.15, -0.1) is 0 Å². The molecule has 0 saturated heterocycles. The van der Waals surface area contributed by atoms with Crippen LogP contribution in [0.15, 0.2) is 5.10 Å². The van der Waals surface area contributed by atoms with E-state index in [1.165, 1.54) is 5.01 Å². The molecule has 2 saturated carbocycles. The Morgan fingerprint density at radius 1 is 1.27 bits per heavy atom. The third-order valence-corrected chi connectivity index (χ3v) is 6.36. The Morgan fingerprint density at radius 3 is 2.50 bits per heavy atom. The molecule has 3 aliphatic rings. The number of hydrogen-bond donors (Lipinski definition) is 0. The highest BCUT2D eigenvalue weighted by molar-refractivity contribution is 6.15. The highest BCUT2D eigenvalue weighted by atomic mass is 16.2. The van der Waals surface area contributed by atoms with E-state index in [1.54, 1.807) is 7.05 Å². The fourth-order valence-electron chi connectivity index (χ4n) is 5.25. The fourth-order valence-corrected chi connectivity index (χ4v) is 5.25. The first-order chi connectivity index (χ1) is 10.1. The topological polar surface area (TPSA) is 54.1 Å². The molecule has 1 aliphatic heterocycles. The zero-order valence-corrected chi connectivity index (χ0v) is 13.9. The first-order valence-corrected chi connectivity index (χ1v) is 7.87. The molecular formula is C17H23N3O2. The molecule has 3 rings (SSSR count). The summed E-state index contributed by atoms with van der Waals surface area (Å²) in [5, 5.41) is 6.01. The van der Waals surface area contributed by atoms with Crippen molar-refractivity contribution in [3.8, 4) is 0 Å². The third kappa shape index (κ3) is 1.56. The second-order valence-electron chi connectivity index (χ2n) is 8.05. The largest absolute Gasteiger partial charge is 0.305 e. The van der Waals surface area contributed by atoms with Gasteiger partial charge < -0.3 is 4.85 Å². The Balaban J connectivity index is 2.16. The second-order valence-corrected chi connectivity index (χ2v) is 8.05. The van der Waals surface area contributed by atoms with Gasteiger partial charge >= 0.3 is 0 Å². The smallest absolute Gasteiger partial charge is 0.282 e. The minimum absolute atomic E-state index is 0.0382. The zero-order chi connectivity index (χ0) is 16.5. The summed E-state index contributed by atoms with van der Waals surface area (Å²) in [5.74, 6) is 0.222. The number of carbonyl (C=O) groups is 2. The van der Waals surface area contributed by atoms with Gasteiger partial charge in [0.05, 0.1) is 11.1 Å². The Labute approximate surface area is 131 Å². The number of Topliss-reactive ketones (excluding diaryl/α,β-unsaturated/α-hetero) is 1. The summed E-state index contributed by atoms with van der Waals surface area (Å²) in [5.41, 5.74) is -0.586. The molecule has 5 heteroatoms. The highest BCUT2D eigenvalue weighted by Gasteiger charge is 2.66. The number of hydrazone groups is 1. The van der Waals surface area contributed by atoms with Crippen LogP contribution in [0.3, 0.4) is 0 Å². The van der Waals surface area contributed by atoms with Crippen molar-refractivity contribution in [1.29, 1.82) is 0 Å². The van der Waals surface area contributed by atoms with Crippen molar-refractivity contribution in [2.45, 2.75) is 53.0 Å². The standard InChI is InChI=1S/C17H23N3O2/c1-15(2)11-7-8-16(3)13(19-20(6)14(16)22)17(11,4)9-10(18-5)12(15)21/h10-11H,7-9H2,1-4,6H3/t10?,11-,16?,17-/m0/s1. The first kappa shape index (κ1) is 15.2. The number of fused-ring (bicyclic) bond motifs is 3. The van der Waals surface area contributed by atoms with Gasteiger partial charge in [-0.2, -0.15) is 5.10 Å². The molecule has 1 amide bonds. The van der Waals surface area contributed by atoms with Crippen molar-refractivity contribution in [2.75, 3.05) is 7.05 Å². The maximum atomic E-state index is 12.6. The third-order valence-electron chi connectivity index (χ3n) is 6.36. The van der Waals surface area contributed by atoms with Crippen molar-refractivity contribution in [3.05, 3.63) is 11.4 Å². The molecule has 2 fully saturated rings. The van der Waals surface area contributed by atoms with Crippen LogP contribution >= 0.6 is 0 Å². The molecule has 0 aromatic rings. The molecule has 118 valence electrons. The summed E-state index contributed by atoms with van der Waals surface area (Å²) >= 11 is 0. The minimum atomic E-state index is -0.623. The summed E-state index contributed by atoms with van der Waals surface area (Å²) in [4.78, 5) is 28.8. The number of rotatable bonds is 0. The van der Waals surface area contributed by atoms with Crippen molar-refractivity contribution in [2.24, 2.45) is 27.3 Å². The molecule has 2 aliphatic carbocycles. The molecule has 0 bridgehead atoms. The molecule has 1 heterocycles. The average Bonchev–Trinajstić information content (AvgIpc) is 2.68. The van der Waals surface area contributed by atoms with Gasteiger partial charge in [-0.05, 0) is 25.7 Å². The molecular weight excluding hydrogens is 278 g/mol. The number of ketones is 1. The Hall–Kier alpha value is -1.70. The van der Waals surface area contributed by atoms with Crippen LogP contribution in [-0.4, -0.2) is 35.5 Å². The van der Waals surface area contributed by atoms with E-state index >= 15 is 0 Å². The number of carbonyl (C=O) groups excluding carboxylic acids is 2. The van der Waals surface area contributed by atoms with Gasteiger partial charge in [-0.3, -0.25) is 9.59 Å². The van der Waals surface area contributed by atoms with E-state index in [4.69, 9.17) is 6.57 Å². The molecule has 0 spiro atoms. The van der Waals surface area contributed by atoms with Gasteiger partial charge in [0.1, 0.15) is 0 Å². The van der Waals surface area contributed by atoms with Gasteiger partial charge in [0.15, 0.2) is 0 Å². The van der Waals surface area contributed by atoms with Gasteiger partial charge in [-0.1, -0.05) is 20.8 Å². The van der Waals surface area contributed by atoms with Crippen LogP contribution < -0.4 is 0 Å². The normalized spacial score (nSPS) is 43.3. The van der Waals surface area contributed by atoms with E-state index in [1.807, 2.05) is 20.8 Å². The number of hydrogen-bond acceptors (Lipinski definition) is 3. The van der Waals surface area contributed by atoms with Crippen LogP contribution in [0.2, 0.25) is 0 Å². The molecule has 22 heavy (non-hydrogen) atoms. The SMILES string of the molecule is [C-]#[N+]C1C[C@]2(C)C3=NN(C)C(=O)C3(C)CC[C@H]2C(C)(C)C1=O. The minimum Gasteiger partial charge on any atom is -0.305 e. The zero-order valence-electron chi connectivity index (χ0n) is 13.9. The molecule has 0 aromatic heterocycles. The van der Waals surface area contributed by atoms with E-state index in [-0.39, 0.29) is 23.0 Å². The van der Waals surface area contributed by atoms with Gasteiger partial charge in [-0.25, -0.2) is 11.6 Å². The lowest BCUT2D eigenvalue weighted by Crippen LogP contribution is -2.61. The van der Waals surface area contributed by atoms with Crippen molar-refractivity contribution < 1.29 is 9.59 Å². The molecule has 0 N–H and O–H groups in total. The van der Waals surface area contributed by atoms with Crippen molar-refractivity contribution in [3.63, 3.8) is 0 Å². The first-order valence-electron chi connectivity index (χ1n) is 7.87. The maximum absolute atomic E-state index is 12.6. The Morgan fingerprint density at radius 2 is 1.91 bits per heavy atom. The van der Waals surface area contributed by atoms with Crippen LogP contribution in [0, 0.1) is 28.7 Å². The van der Waals surface area contributed by atoms with Gasteiger partial charge in [0.2, 0.25) is 5.78 Å². The van der Waals surface area contributed by atoms with Crippen LogP contribution in [-0.2, 0) is 9.59 Å². The second kappa shape index (κ2) is 4.18. The lowest BCUT2D eigenvalue weighted by atomic mass is 9.46. The average molecular weight is 301 g/mol. The molecule has 5 nitrogen and oxygen atoms in total. The predicted octanol–water partition coefficient (Wildman–Crippen LogP) is 2.52. The number of nitrogens with zero attached hydrogens (tertiary/aromatic N) is 3. The lowest BCUT2D eigenvalue weighted by molar-refractivity contribution is -0.141. The van der Waals surface area contributed by atoms with Crippen molar-refractivity contribution >= 4 is 17.4 Å². The Bertz CT molecular complexity index is 645. The maximum Gasteiger partial charge on any atom is 0.282 e. The van der Waals surface area contributed by atoms with E-state index in [0.29, 0.717) is 6.42 Å². The molecule has 0 radical (unpaired) electrons. The number of amides is 1. The quantitative estimate of drug-likeness (QED) is 0.646. The van der Waals surface area contributed by atoms with E-state index in [0.717, 1.165) is 18.6 Å². The molecule has 0 aromatic carbocycles. The van der Waals surface area contributed by atoms with Crippen molar-refractivity contribution in [1.82, 2.24) is 5.01 Å². The van der Waals surface area contributed by atoms with Crippen LogP contribution in [0.4, 0.5) is 0 Å². The van der Waals surface area contributed by atoms with E-state index in [9.17, 15) is 9.59 Å². The monoisotopic (exact) mass is 301 g/mol. The molecule has 2 unspecified atom stereocenters. The lowest BCUT2D eigenvalue weighted by Gasteiger charge is -2.55. The van der Waals surface area contributed by atoms with E-state index < -0.39 is 16.9 Å². The van der Waals surface area contributed by atoms with Crippen LogP contribution in [0.1, 0.15) is 47.0 Å². The summed E-state index contributed by atoms with van der Waals surface area (Å²) < 4.78 is 0. The summed E-state index contributed by atoms with van der Waals surface area (Å²) in [6.45, 7) is 15.4. The van der Waals surface area contributed by atoms with E-state index in [2.05, 4.69) is 16.9 Å². The predicted molar refractivity (Wildman–Crippen MR) is 82.9 cm³/mol. The van der Waals surface area contributed by atoms with Crippen LogP contribution in [0.25, 0.3) is 4.85 Å². The van der Waals surface area contributed by atoms with Gasteiger partial charge in [0, 0.05) is 24.3 Å². The molecule has 4 atom stereocenters. The van der Waals surface area contributed by atoms with Gasteiger partial charge in [0.25, 0.3) is 11.9 Å². The highest BCUT2D eigenvalue weighted by Crippen LogP contribution is 2.60. The Kier molecular flexibility index (Phi) is 2.89. The summed E-state index contributed by atoms with van der Waals surface area (Å²) in [6, 6.07) is -0.623. The fraction of sp³-hybridized carbons (Fsp3) is 0.765. The van der Waals surface area contributed by atoms with Crippen LogP contribution in [0.5, 0.6) is 0 Å². The summed E-state index contributed by atoms with van der Waals surface area (Å²) in [7, 11) is 1.70. The summed E-state index contributed by atoms with van der Waals surface area (Å²) in [6.07, 6.45) is 2.04.